The zero-order chi connectivity index (χ0) is 10.3. The summed E-state index contributed by atoms with van der Waals surface area (Å²) in [7, 11) is 0. The number of nitrogens with zero attached hydrogens (tertiary/aromatic N) is 1. The minimum absolute atomic E-state index is 0.285. The Morgan fingerprint density at radius 3 is 2.71 bits per heavy atom. The van der Waals surface area contributed by atoms with E-state index >= 15 is 0 Å². The van der Waals surface area contributed by atoms with E-state index < -0.39 is 0 Å². The molecule has 0 unspecified atom stereocenters. The lowest BCUT2D eigenvalue weighted by atomic mass is 10.0. The number of benzene rings is 1. The van der Waals surface area contributed by atoms with E-state index in [4.69, 9.17) is 0 Å². The van der Waals surface area contributed by atoms with Crippen molar-refractivity contribution in [3.05, 3.63) is 23.5 Å². The average molecular weight is 190 g/mol. The fourth-order valence-electron chi connectivity index (χ4n) is 1.70. The molecule has 3 nitrogen and oxygen atoms in total. The van der Waals surface area contributed by atoms with Crippen LogP contribution < -0.4 is 0 Å². The Bertz CT molecular complexity index is 471. The number of hydrogen-bond donors (Lipinski definition) is 2. The van der Waals surface area contributed by atoms with Gasteiger partial charge < -0.3 is 10.1 Å². The topological polar surface area (TPSA) is 48.9 Å². The fourth-order valence-corrected chi connectivity index (χ4v) is 1.70. The maximum Gasteiger partial charge on any atom is 0.118 e. The van der Waals surface area contributed by atoms with E-state index in [1.807, 2.05) is 6.92 Å². The smallest absolute Gasteiger partial charge is 0.118 e. The van der Waals surface area contributed by atoms with Crippen molar-refractivity contribution in [1.29, 1.82) is 0 Å². The highest BCUT2D eigenvalue weighted by atomic mass is 16.3. The van der Waals surface area contributed by atoms with E-state index in [9.17, 15) is 5.11 Å². The van der Waals surface area contributed by atoms with Crippen LogP contribution in [0.3, 0.4) is 0 Å². The van der Waals surface area contributed by atoms with Gasteiger partial charge in [-0.3, -0.25) is 0 Å². The number of H-pyrrole nitrogens is 1. The summed E-state index contributed by atoms with van der Waals surface area (Å²) in [5.41, 5.74) is 2.99. The molecular formula is C11H14N2O. The van der Waals surface area contributed by atoms with Crippen molar-refractivity contribution in [3.8, 4) is 5.75 Å². The van der Waals surface area contributed by atoms with E-state index in [1.54, 1.807) is 12.1 Å². The van der Waals surface area contributed by atoms with Gasteiger partial charge in [-0.1, -0.05) is 13.8 Å². The Hall–Kier alpha value is -1.51. The van der Waals surface area contributed by atoms with Crippen molar-refractivity contribution in [2.75, 3.05) is 0 Å². The van der Waals surface area contributed by atoms with Crippen molar-refractivity contribution in [1.82, 2.24) is 9.97 Å². The molecule has 0 aliphatic rings. The van der Waals surface area contributed by atoms with Crippen LogP contribution in [-0.2, 0) is 0 Å². The van der Waals surface area contributed by atoms with Gasteiger partial charge >= 0.3 is 0 Å². The molecule has 0 saturated heterocycles. The highest BCUT2D eigenvalue weighted by molar-refractivity contribution is 5.81. The van der Waals surface area contributed by atoms with E-state index in [0.29, 0.717) is 5.92 Å². The lowest BCUT2D eigenvalue weighted by Crippen LogP contribution is -1.89. The molecule has 0 fully saturated rings. The third kappa shape index (κ3) is 1.35. The maximum absolute atomic E-state index is 9.52. The molecule has 2 N–H and O–H groups in total. The molecule has 1 heterocycles. The van der Waals surface area contributed by atoms with Crippen LogP contribution >= 0.6 is 0 Å². The van der Waals surface area contributed by atoms with Gasteiger partial charge in [-0.15, -0.1) is 0 Å². The summed E-state index contributed by atoms with van der Waals surface area (Å²) in [4.78, 5) is 7.51. The number of aromatic amines is 1. The molecule has 14 heavy (non-hydrogen) atoms. The predicted molar refractivity (Wildman–Crippen MR) is 56.6 cm³/mol. The van der Waals surface area contributed by atoms with Crippen molar-refractivity contribution in [2.24, 2.45) is 0 Å². The first-order chi connectivity index (χ1) is 6.58. The standard InChI is InChI=1S/C11H14N2O/c1-6(2)9-4-8(14)5-10-11(9)13-7(3)12-10/h4-6,14H,1-3H3,(H,12,13). The molecule has 0 saturated carbocycles. The third-order valence-corrected chi connectivity index (χ3v) is 2.35. The van der Waals surface area contributed by atoms with Crippen molar-refractivity contribution in [2.45, 2.75) is 26.7 Å². The van der Waals surface area contributed by atoms with Crippen LogP contribution in [0.15, 0.2) is 12.1 Å². The minimum Gasteiger partial charge on any atom is -0.508 e. The molecular weight excluding hydrogens is 176 g/mol. The summed E-state index contributed by atoms with van der Waals surface area (Å²) in [5.74, 6) is 1.55. The van der Waals surface area contributed by atoms with Crippen LogP contribution in [0.1, 0.15) is 31.2 Å². The van der Waals surface area contributed by atoms with Crippen molar-refractivity contribution >= 4 is 11.0 Å². The highest BCUT2D eigenvalue weighted by Gasteiger charge is 2.10. The Balaban J connectivity index is 2.79. The van der Waals surface area contributed by atoms with Crippen LogP contribution in [0.2, 0.25) is 0 Å². The van der Waals surface area contributed by atoms with Gasteiger partial charge in [0.15, 0.2) is 0 Å². The summed E-state index contributed by atoms with van der Waals surface area (Å²) in [6.45, 7) is 6.12. The zero-order valence-corrected chi connectivity index (χ0v) is 8.63. The monoisotopic (exact) mass is 190 g/mol. The van der Waals surface area contributed by atoms with Crippen LogP contribution in [-0.4, -0.2) is 15.1 Å². The van der Waals surface area contributed by atoms with Crippen LogP contribution in [0.5, 0.6) is 5.75 Å². The molecule has 0 aliphatic heterocycles. The Morgan fingerprint density at radius 1 is 1.36 bits per heavy atom. The van der Waals surface area contributed by atoms with Gasteiger partial charge in [-0.2, -0.15) is 0 Å². The molecule has 74 valence electrons. The summed E-state index contributed by atoms with van der Waals surface area (Å²) in [6.07, 6.45) is 0. The largest absolute Gasteiger partial charge is 0.508 e. The number of rotatable bonds is 1. The van der Waals surface area contributed by atoms with Crippen LogP contribution in [0.25, 0.3) is 11.0 Å². The normalized spacial score (nSPS) is 11.4. The van der Waals surface area contributed by atoms with Gasteiger partial charge in [-0.05, 0) is 24.5 Å². The van der Waals surface area contributed by atoms with Gasteiger partial charge in [0.25, 0.3) is 0 Å². The lowest BCUT2D eigenvalue weighted by Gasteiger charge is -2.06. The first kappa shape index (κ1) is 9.06. The average Bonchev–Trinajstić information content (AvgIpc) is 2.42. The van der Waals surface area contributed by atoms with Gasteiger partial charge in [-0.25, -0.2) is 4.98 Å². The number of phenolic OH excluding ortho intramolecular Hbond substituents is 1. The number of hydrogen-bond acceptors (Lipinski definition) is 2. The second-order valence-electron chi connectivity index (χ2n) is 3.91. The predicted octanol–water partition coefficient (Wildman–Crippen LogP) is 2.70. The van der Waals surface area contributed by atoms with E-state index in [2.05, 4.69) is 23.8 Å². The SMILES string of the molecule is Cc1nc2cc(O)cc(C(C)C)c2[nH]1. The molecule has 0 aliphatic carbocycles. The zero-order valence-electron chi connectivity index (χ0n) is 8.63. The number of aromatic nitrogens is 2. The van der Waals surface area contributed by atoms with Crippen LogP contribution in [0.4, 0.5) is 0 Å². The summed E-state index contributed by atoms with van der Waals surface area (Å²) in [5, 5.41) is 9.52. The number of aryl methyl sites for hydroxylation is 1. The number of aromatic hydroxyl groups is 1. The van der Waals surface area contributed by atoms with E-state index in [-0.39, 0.29) is 5.75 Å². The third-order valence-electron chi connectivity index (χ3n) is 2.35. The first-order valence-corrected chi connectivity index (χ1v) is 4.77. The first-order valence-electron chi connectivity index (χ1n) is 4.77. The highest BCUT2D eigenvalue weighted by Crippen LogP contribution is 2.28. The van der Waals surface area contributed by atoms with Gasteiger partial charge in [0, 0.05) is 6.07 Å². The molecule has 1 aromatic carbocycles. The van der Waals surface area contributed by atoms with Crippen molar-refractivity contribution in [3.63, 3.8) is 0 Å². The number of nitrogens with one attached hydrogen (secondary N) is 1. The minimum atomic E-state index is 0.285. The lowest BCUT2D eigenvalue weighted by molar-refractivity contribution is 0.475. The Morgan fingerprint density at radius 2 is 2.07 bits per heavy atom. The van der Waals surface area contributed by atoms with Crippen LogP contribution in [0, 0.1) is 6.92 Å². The molecule has 2 aromatic rings. The van der Waals surface area contributed by atoms with Crippen molar-refractivity contribution < 1.29 is 5.11 Å². The second kappa shape index (κ2) is 3.01. The molecule has 0 spiro atoms. The maximum atomic E-state index is 9.52. The second-order valence-corrected chi connectivity index (χ2v) is 3.91. The number of phenols is 1. The summed E-state index contributed by atoms with van der Waals surface area (Å²) in [6, 6.07) is 3.48. The molecule has 0 atom stereocenters. The quantitative estimate of drug-likeness (QED) is 0.726. The summed E-state index contributed by atoms with van der Waals surface area (Å²) >= 11 is 0. The molecule has 1 aromatic heterocycles. The van der Waals surface area contributed by atoms with Gasteiger partial charge in [0.1, 0.15) is 11.6 Å². The molecule has 0 radical (unpaired) electrons. The Kier molecular flexibility index (Phi) is 1.95. The molecule has 0 amide bonds. The molecule has 0 bridgehead atoms. The van der Waals surface area contributed by atoms with Gasteiger partial charge in [0.05, 0.1) is 11.0 Å². The number of imidazole rings is 1. The van der Waals surface area contributed by atoms with E-state index in [1.165, 1.54) is 0 Å². The van der Waals surface area contributed by atoms with Gasteiger partial charge in [0.2, 0.25) is 0 Å². The molecule has 2 rings (SSSR count). The van der Waals surface area contributed by atoms with E-state index in [0.717, 1.165) is 22.4 Å². The summed E-state index contributed by atoms with van der Waals surface area (Å²) < 4.78 is 0. The Labute approximate surface area is 82.8 Å². The fraction of sp³-hybridized carbons (Fsp3) is 0.364. The molecule has 3 heteroatoms. The number of fused-ring (bicyclic) bond motifs is 1.